The van der Waals surface area contributed by atoms with Gasteiger partial charge < -0.3 is 13.9 Å². The number of fused-ring (bicyclic) bond motifs is 5. The largest absolute Gasteiger partial charge is 0.534 e. The van der Waals surface area contributed by atoms with Crippen LogP contribution < -0.4 is 4.18 Å². The van der Waals surface area contributed by atoms with E-state index in [4.69, 9.17) is 4.74 Å². The molecule has 1 saturated heterocycles. The predicted molar refractivity (Wildman–Crippen MR) is 158 cm³/mol. The van der Waals surface area contributed by atoms with Crippen LogP contribution >= 0.6 is 0 Å². The molecule has 1 aliphatic heterocycles. The molecule has 1 saturated carbocycles. The van der Waals surface area contributed by atoms with Crippen LogP contribution in [0.3, 0.4) is 0 Å². The minimum atomic E-state index is -5.77. The van der Waals surface area contributed by atoms with Crippen LogP contribution in [0, 0.1) is 5.92 Å². The fraction of sp³-hybridized carbons (Fsp3) is 0.500. The molecule has 6 rings (SSSR count). The lowest BCUT2D eigenvalue weighted by atomic mass is 9.85. The quantitative estimate of drug-likeness (QED) is 0.218. The van der Waals surface area contributed by atoms with Crippen molar-refractivity contribution in [1.29, 1.82) is 0 Å². The van der Waals surface area contributed by atoms with Crippen molar-refractivity contribution in [2.45, 2.75) is 88.8 Å². The monoisotopic (exact) mass is 631 g/mol. The number of amides is 1. The molecule has 236 valence electrons. The second kappa shape index (κ2) is 10.8. The summed E-state index contributed by atoms with van der Waals surface area (Å²) in [5.74, 6) is 0.932. The molecule has 2 aromatic carbocycles. The molecule has 1 aromatic heterocycles. The van der Waals surface area contributed by atoms with Gasteiger partial charge in [0.15, 0.2) is 0 Å². The van der Waals surface area contributed by atoms with Gasteiger partial charge in [-0.15, -0.1) is 0 Å². The van der Waals surface area contributed by atoms with Crippen LogP contribution in [0.4, 0.5) is 18.0 Å². The molecule has 12 heteroatoms. The van der Waals surface area contributed by atoms with E-state index in [-0.39, 0.29) is 29.7 Å². The summed E-state index contributed by atoms with van der Waals surface area (Å²) < 4.78 is 73.1. The van der Waals surface area contributed by atoms with Crippen molar-refractivity contribution in [2.75, 3.05) is 6.54 Å². The molecule has 1 amide bonds. The fourth-order valence-corrected chi connectivity index (χ4v) is 7.43. The third-order valence-electron chi connectivity index (χ3n) is 8.99. The molecule has 2 bridgehead atoms. The minimum Gasteiger partial charge on any atom is -0.444 e. The zero-order valence-corrected chi connectivity index (χ0v) is 25.9. The summed E-state index contributed by atoms with van der Waals surface area (Å²) in [6.07, 6.45) is 5.59. The summed E-state index contributed by atoms with van der Waals surface area (Å²) in [6.45, 7) is 8.27. The number of likely N-dealkylation sites (tertiary alicyclic amines) is 1. The number of benzene rings is 2. The van der Waals surface area contributed by atoms with Crippen molar-refractivity contribution < 1.29 is 35.3 Å². The van der Waals surface area contributed by atoms with Crippen LogP contribution in [0.1, 0.15) is 94.6 Å². The number of carbonyl (C=O) groups excluding carboxylic acids is 1. The first-order chi connectivity index (χ1) is 20.6. The van der Waals surface area contributed by atoms with E-state index in [1.807, 2.05) is 45.0 Å². The standard InChI is InChI=1S/C32H36F3N3O5S/c1-5-18-14-25(38(17-18)30(39)42-31(2,3)4)29-36-16-24(37-29)20-8-6-19(7-9-20)23-12-13-26(43-44(40,41)32(33,34)35)28-22-11-10-21(15-22)27(23)28/h6-9,12-13,16,18,21-22,25H,5,10-11,14-15,17H2,1-4H3,(H,36,37)/t18-,21?,22?,25-/m0/s1. The number of ether oxygens (including phenoxy) is 1. The van der Waals surface area contributed by atoms with Gasteiger partial charge in [-0.3, -0.25) is 4.90 Å². The van der Waals surface area contributed by atoms with E-state index in [9.17, 15) is 26.4 Å². The number of hydrogen-bond donors (Lipinski definition) is 1. The second-order valence-corrected chi connectivity index (χ2v) is 14.6. The van der Waals surface area contributed by atoms with Gasteiger partial charge in [0.2, 0.25) is 0 Å². The number of hydrogen-bond acceptors (Lipinski definition) is 6. The molecule has 4 atom stereocenters. The number of aromatic amines is 1. The fourth-order valence-electron chi connectivity index (χ4n) is 6.96. The maximum Gasteiger partial charge on any atom is 0.534 e. The summed E-state index contributed by atoms with van der Waals surface area (Å²) in [5.41, 5.74) is -1.23. The van der Waals surface area contributed by atoms with Gasteiger partial charge in [0.25, 0.3) is 0 Å². The molecule has 3 aliphatic rings. The van der Waals surface area contributed by atoms with Crippen molar-refractivity contribution in [2.24, 2.45) is 5.92 Å². The Labute approximate surface area is 255 Å². The Hall–Kier alpha value is -3.54. The lowest BCUT2D eigenvalue weighted by Gasteiger charge is -2.27. The molecular weight excluding hydrogens is 595 g/mol. The van der Waals surface area contributed by atoms with E-state index >= 15 is 0 Å². The van der Waals surface area contributed by atoms with E-state index in [1.54, 1.807) is 17.2 Å². The van der Waals surface area contributed by atoms with Gasteiger partial charge in [0.05, 0.1) is 17.9 Å². The zero-order chi connectivity index (χ0) is 31.6. The van der Waals surface area contributed by atoms with Crippen LogP contribution in [-0.2, 0) is 14.9 Å². The molecule has 0 radical (unpaired) electrons. The van der Waals surface area contributed by atoms with Crippen LogP contribution in [0.5, 0.6) is 5.75 Å². The third kappa shape index (κ3) is 5.57. The van der Waals surface area contributed by atoms with Crippen molar-refractivity contribution in [3.63, 3.8) is 0 Å². The normalized spacial score (nSPS) is 23.2. The number of halogens is 3. The van der Waals surface area contributed by atoms with E-state index in [1.165, 1.54) is 6.07 Å². The maximum atomic E-state index is 13.1. The SMILES string of the molecule is CC[C@H]1C[C@@H](c2ncc(-c3ccc(-c4ccc(OS(=O)(=O)C(F)(F)F)c5c4C4CCC5C4)cc3)[nH]2)N(C(=O)OC(C)(C)C)C1. The second-order valence-electron chi connectivity index (χ2n) is 13.0. The number of aromatic nitrogens is 2. The van der Waals surface area contributed by atoms with Crippen molar-refractivity contribution in [1.82, 2.24) is 14.9 Å². The average Bonchev–Trinajstić information content (AvgIpc) is 3.75. The summed E-state index contributed by atoms with van der Waals surface area (Å²) in [6, 6.07) is 10.6. The summed E-state index contributed by atoms with van der Waals surface area (Å²) in [7, 11) is -5.77. The smallest absolute Gasteiger partial charge is 0.444 e. The zero-order valence-electron chi connectivity index (χ0n) is 25.1. The Balaban J connectivity index is 1.26. The molecule has 2 fully saturated rings. The Morgan fingerprint density at radius 1 is 1.00 bits per heavy atom. The van der Waals surface area contributed by atoms with Crippen molar-refractivity contribution in [3.05, 3.63) is 59.5 Å². The van der Waals surface area contributed by atoms with Gasteiger partial charge in [-0.25, -0.2) is 9.78 Å². The van der Waals surface area contributed by atoms with E-state index < -0.39 is 21.2 Å². The van der Waals surface area contributed by atoms with Crippen molar-refractivity contribution in [3.8, 4) is 28.1 Å². The molecule has 44 heavy (non-hydrogen) atoms. The Morgan fingerprint density at radius 2 is 1.66 bits per heavy atom. The van der Waals surface area contributed by atoms with Gasteiger partial charge in [0.1, 0.15) is 17.2 Å². The molecule has 2 heterocycles. The molecule has 2 unspecified atom stereocenters. The Morgan fingerprint density at radius 3 is 2.30 bits per heavy atom. The number of nitrogens with zero attached hydrogens (tertiary/aromatic N) is 2. The van der Waals surface area contributed by atoms with Gasteiger partial charge >= 0.3 is 21.7 Å². The van der Waals surface area contributed by atoms with Gasteiger partial charge in [-0.2, -0.15) is 21.6 Å². The Kier molecular flexibility index (Phi) is 7.49. The van der Waals surface area contributed by atoms with Gasteiger partial charge in [-0.1, -0.05) is 43.7 Å². The highest BCUT2D eigenvalue weighted by molar-refractivity contribution is 7.88. The first kappa shape index (κ1) is 30.5. The summed E-state index contributed by atoms with van der Waals surface area (Å²) in [4.78, 5) is 22.8. The molecule has 1 N–H and O–H groups in total. The highest BCUT2D eigenvalue weighted by Crippen LogP contribution is 2.58. The number of H-pyrrole nitrogens is 1. The van der Waals surface area contributed by atoms with Crippen LogP contribution in [0.25, 0.3) is 22.4 Å². The molecule has 2 aliphatic carbocycles. The topological polar surface area (TPSA) is 102 Å². The lowest BCUT2D eigenvalue weighted by Crippen LogP contribution is -2.37. The number of nitrogens with one attached hydrogen (secondary N) is 1. The van der Waals surface area contributed by atoms with E-state index in [2.05, 4.69) is 21.1 Å². The molecular formula is C32H36F3N3O5S. The average molecular weight is 632 g/mol. The number of alkyl halides is 3. The highest BCUT2D eigenvalue weighted by atomic mass is 32.2. The first-order valence-electron chi connectivity index (χ1n) is 15.0. The van der Waals surface area contributed by atoms with Gasteiger partial charge in [0, 0.05) is 12.1 Å². The molecule has 3 aromatic rings. The van der Waals surface area contributed by atoms with Crippen molar-refractivity contribution >= 4 is 16.2 Å². The highest BCUT2D eigenvalue weighted by Gasteiger charge is 2.50. The summed E-state index contributed by atoms with van der Waals surface area (Å²) in [5, 5.41) is 0. The molecule has 0 spiro atoms. The van der Waals surface area contributed by atoms with Gasteiger partial charge in [-0.05, 0) is 92.5 Å². The minimum absolute atomic E-state index is 0.0285. The van der Waals surface area contributed by atoms with Crippen LogP contribution in [-0.4, -0.2) is 47.0 Å². The first-order valence-corrected chi connectivity index (χ1v) is 16.4. The molecule has 8 nitrogen and oxygen atoms in total. The predicted octanol–water partition coefficient (Wildman–Crippen LogP) is 8.04. The Bertz CT molecular complexity index is 1680. The number of carbonyl (C=O) groups is 1. The number of imidazole rings is 1. The van der Waals surface area contributed by atoms with E-state index in [0.29, 0.717) is 23.9 Å². The summed E-state index contributed by atoms with van der Waals surface area (Å²) >= 11 is 0. The van der Waals surface area contributed by atoms with Crippen LogP contribution in [0.2, 0.25) is 0 Å². The lowest BCUT2D eigenvalue weighted by molar-refractivity contribution is -0.0500. The van der Waals surface area contributed by atoms with E-state index in [0.717, 1.165) is 60.1 Å². The van der Waals surface area contributed by atoms with Crippen LogP contribution in [0.15, 0.2) is 42.6 Å². The number of rotatable bonds is 6. The maximum absolute atomic E-state index is 13.1. The third-order valence-corrected chi connectivity index (χ3v) is 9.96.